The van der Waals surface area contributed by atoms with Gasteiger partial charge in [0.2, 0.25) is 0 Å². The molecule has 0 aromatic carbocycles. The van der Waals surface area contributed by atoms with Crippen LogP contribution in [-0.4, -0.2) is 54.2 Å². The molecule has 2 N–H and O–H groups in total. The summed E-state index contributed by atoms with van der Waals surface area (Å²) < 4.78 is 13.5. The lowest BCUT2D eigenvalue weighted by Crippen LogP contribution is -2.44. The lowest BCUT2D eigenvalue weighted by molar-refractivity contribution is -0.0394. The highest BCUT2D eigenvalue weighted by molar-refractivity contribution is 5.00. The van der Waals surface area contributed by atoms with Crippen LogP contribution in [0.4, 0.5) is 0 Å². The molecule has 0 bridgehead atoms. The molecule has 0 amide bonds. The number of hydrogen-bond acceptors (Lipinski definition) is 5. The quantitative estimate of drug-likeness (QED) is 0.825. The molecule has 0 radical (unpaired) electrons. The first-order chi connectivity index (χ1) is 11.2. The number of aromatic nitrogens is 2. The summed E-state index contributed by atoms with van der Waals surface area (Å²) in [6.45, 7) is 4.30. The Kier molecular flexibility index (Phi) is 5.69. The fraction of sp³-hybridized carbons (Fsp3) is 0.824. The van der Waals surface area contributed by atoms with Crippen LogP contribution in [0.1, 0.15) is 37.6 Å². The summed E-state index contributed by atoms with van der Waals surface area (Å²) >= 11 is 0. The minimum absolute atomic E-state index is 0.0213. The predicted octanol–water partition coefficient (Wildman–Crippen LogP) is 1.27. The lowest BCUT2D eigenvalue weighted by atomic mass is 9.80. The van der Waals surface area contributed by atoms with Crippen LogP contribution in [0.5, 0.6) is 0 Å². The van der Waals surface area contributed by atoms with Crippen LogP contribution in [0.25, 0.3) is 0 Å². The van der Waals surface area contributed by atoms with Crippen LogP contribution in [0.3, 0.4) is 0 Å². The molecule has 130 valence electrons. The van der Waals surface area contributed by atoms with E-state index < -0.39 is 0 Å². The maximum Gasteiger partial charge on any atom is 0.137 e. The normalized spacial score (nSPS) is 27.9. The molecular formula is C17H29N3O3. The molecule has 3 heterocycles. The highest BCUT2D eigenvalue weighted by atomic mass is 16.5. The molecule has 3 rings (SSSR count). The number of hydrogen-bond donors (Lipinski definition) is 2. The zero-order valence-electron chi connectivity index (χ0n) is 14.0. The minimum Gasteiger partial charge on any atom is -0.396 e. The Morgan fingerprint density at radius 2 is 2.22 bits per heavy atom. The third kappa shape index (κ3) is 3.94. The second kappa shape index (κ2) is 7.75. The van der Waals surface area contributed by atoms with E-state index in [1.807, 2.05) is 19.4 Å². The molecule has 0 aliphatic carbocycles. The molecule has 0 spiro atoms. The van der Waals surface area contributed by atoms with Crippen molar-refractivity contribution >= 4 is 0 Å². The number of aliphatic hydroxyl groups is 1. The van der Waals surface area contributed by atoms with Crippen molar-refractivity contribution in [1.29, 1.82) is 0 Å². The van der Waals surface area contributed by atoms with E-state index in [0.717, 1.165) is 64.4 Å². The molecule has 0 saturated carbocycles. The van der Waals surface area contributed by atoms with Gasteiger partial charge in [-0.2, -0.15) is 0 Å². The summed E-state index contributed by atoms with van der Waals surface area (Å²) in [6, 6.07) is 0. The number of rotatable bonds is 6. The van der Waals surface area contributed by atoms with Gasteiger partial charge in [-0.25, -0.2) is 4.98 Å². The van der Waals surface area contributed by atoms with Crippen molar-refractivity contribution < 1.29 is 14.6 Å². The van der Waals surface area contributed by atoms with Crippen molar-refractivity contribution in [3.05, 3.63) is 18.2 Å². The van der Waals surface area contributed by atoms with E-state index in [9.17, 15) is 5.11 Å². The minimum atomic E-state index is -0.0213. The van der Waals surface area contributed by atoms with E-state index in [4.69, 9.17) is 9.47 Å². The van der Waals surface area contributed by atoms with Gasteiger partial charge in [0, 0.05) is 63.7 Å². The average Bonchev–Trinajstić information content (AvgIpc) is 3.02. The number of nitrogens with zero attached hydrogens (tertiary/aromatic N) is 2. The van der Waals surface area contributed by atoms with Crippen LogP contribution in [-0.2, 0) is 16.5 Å². The Labute approximate surface area is 138 Å². The molecule has 2 aliphatic rings. The van der Waals surface area contributed by atoms with Gasteiger partial charge in [-0.05, 0) is 25.7 Å². The SMILES string of the molecule is Cn1ccnc1[C@@H]1OCCC[C@H]1CNCC1(CO)CCOCC1. The Balaban J connectivity index is 1.56. The second-order valence-electron chi connectivity index (χ2n) is 6.99. The fourth-order valence-electron chi connectivity index (χ4n) is 3.71. The first-order valence-electron chi connectivity index (χ1n) is 8.72. The summed E-state index contributed by atoms with van der Waals surface area (Å²) in [7, 11) is 2.02. The van der Waals surface area contributed by atoms with Crippen molar-refractivity contribution in [1.82, 2.24) is 14.9 Å². The van der Waals surface area contributed by atoms with Crippen LogP contribution >= 0.6 is 0 Å². The number of imidazole rings is 1. The van der Waals surface area contributed by atoms with E-state index in [0.29, 0.717) is 5.92 Å². The first-order valence-corrected chi connectivity index (χ1v) is 8.72. The molecule has 2 fully saturated rings. The maximum atomic E-state index is 9.78. The Morgan fingerprint density at radius 3 is 2.91 bits per heavy atom. The van der Waals surface area contributed by atoms with Gasteiger partial charge in [-0.3, -0.25) is 0 Å². The summed E-state index contributed by atoms with van der Waals surface area (Å²) in [4.78, 5) is 4.47. The molecular weight excluding hydrogens is 294 g/mol. The lowest BCUT2D eigenvalue weighted by Gasteiger charge is -2.37. The third-order valence-corrected chi connectivity index (χ3v) is 5.35. The summed E-state index contributed by atoms with van der Waals surface area (Å²) in [5, 5.41) is 13.4. The van der Waals surface area contributed by atoms with Gasteiger partial charge >= 0.3 is 0 Å². The highest BCUT2D eigenvalue weighted by Gasteiger charge is 2.34. The van der Waals surface area contributed by atoms with E-state index in [1.165, 1.54) is 0 Å². The Morgan fingerprint density at radius 1 is 1.39 bits per heavy atom. The second-order valence-corrected chi connectivity index (χ2v) is 6.99. The molecule has 2 atom stereocenters. The van der Waals surface area contributed by atoms with Gasteiger partial charge in [0.1, 0.15) is 11.9 Å². The van der Waals surface area contributed by atoms with E-state index >= 15 is 0 Å². The first kappa shape index (κ1) is 16.9. The molecule has 1 aromatic rings. The van der Waals surface area contributed by atoms with Gasteiger partial charge in [0.25, 0.3) is 0 Å². The van der Waals surface area contributed by atoms with E-state index in [1.54, 1.807) is 0 Å². The molecule has 2 aliphatic heterocycles. The maximum absolute atomic E-state index is 9.78. The Bertz CT molecular complexity index is 485. The zero-order valence-corrected chi connectivity index (χ0v) is 14.0. The van der Waals surface area contributed by atoms with Crippen LogP contribution in [0, 0.1) is 11.3 Å². The standard InChI is InChI=1S/C17H29N3O3/c1-20-7-6-19-16(20)15-14(3-2-8-23-15)11-18-12-17(13-21)4-9-22-10-5-17/h6-7,14-15,18,21H,2-5,8-13H2,1H3/t14-,15+/m0/s1. The monoisotopic (exact) mass is 323 g/mol. The van der Waals surface area contributed by atoms with Crippen LogP contribution in [0.15, 0.2) is 12.4 Å². The number of nitrogens with one attached hydrogen (secondary N) is 1. The third-order valence-electron chi connectivity index (χ3n) is 5.35. The van der Waals surface area contributed by atoms with Crippen LogP contribution < -0.4 is 5.32 Å². The smallest absolute Gasteiger partial charge is 0.137 e. The van der Waals surface area contributed by atoms with Gasteiger partial charge < -0.3 is 24.5 Å². The largest absolute Gasteiger partial charge is 0.396 e. The summed E-state index contributed by atoms with van der Waals surface area (Å²) in [5.41, 5.74) is -0.0213. The van der Waals surface area contributed by atoms with Gasteiger partial charge in [-0.1, -0.05) is 0 Å². The van der Waals surface area contributed by atoms with Gasteiger partial charge in [0.05, 0.1) is 6.61 Å². The predicted molar refractivity (Wildman–Crippen MR) is 87.1 cm³/mol. The highest BCUT2D eigenvalue weighted by Crippen LogP contribution is 2.33. The summed E-state index contributed by atoms with van der Waals surface area (Å²) in [5.74, 6) is 1.44. The molecule has 0 unspecified atom stereocenters. The zero-order chi connectivity index (χ0) is 16.1. The molecule has 1 aromatic heterocycles. The Hall–Kier alpha value is -0.950. The summed E-state index contributed by atoms with van der Waals surface area (Å²) in [6.07, 6.45) is 7.99. The average molecular weight is 323 g/mol. The molecule has 2 saturated heterocycles. The van der Waals surface area contributed by atoms with Crippen molar-refractivity contribution in [3.63, 3.8) is 0 Å². The fourth-order valence-corrected chi connectivity index (χ4v) is 3.71. The molecule has 23 heavy (non-hydrogen) atoms. The van der Waals surface area contributed by atoms with E-state index in [2.05, 4.69) is 14.9 Å². The van der Waals surface area contributed by atoms with Crippen molar-refractivity contribution in [3.8, 4) is 0 Å². The van der Waals surface area contributed by atoms with Crippen molar-refractivity contribution in [2.24, 2.45) is 18.4 Å². The molecule has 6 heteroatoms. The number of ether oxygens (including phenoxy) is 2. The van der Waals surface area contributed by atoms with Crippen LogP contribution in [0.2, 0.25) is 0 Å². The number of aliphatic hydroxyl groups excluding tert-OH is 1. The topological polar surface area (TPSA) is 68.5 Å². The van der Waals surface area contributed by atoms with Crippen molar-refractivity contribution in [2.45, 2.75) is 31.8 Å². The van der Waals surface area contributed by atoms with Crippen molar-refractivity contribution in [2.75, 3.05) is 39.5 Å². The number of aryl methyl sites for hydroxylation is 1. The molecule has 6 nitrogen and oxygen atoms in total. The van der Waals surface area contributed by atoms with E-state index in [-0.39, 0.29) is 18.1 Å². The van der Waals surface area contributed by atoms with Gasteiger partial charge in [-0.15, -0.1) is 0 Å². The van der Waals surface area contributed by atoms with Gasteiger partial charge in [0.15, 0.2) is 0 Å².